The molecule has 1 aromatic heterocycles. The minimum Gasteiger partial charge on any atom is -0.481 e. The summed E-state index contributed by atoms with van der Waals surface area (Å²) < 4.78 is 0. The number of aryl methyl sites for hydroxylation is 1. The number of carboxylic acids is 1. The maximum atomic E-state index is 12.7. The third kappa shape index (κ3) is 4.20. The van der Waals surface area contributed by atoms with E-state index in [1.54, 1.807) is 6.20 Å². The molecule has 1 aliphatic heterocycles. The number of pyridine rings is 1. The van der Waals surface area contributed by atoms with E-state index in [0.29, 0.717) is 5.56 Å². The molecule has 2 heterocycles. The predicted molar refractivity (Wildman–Crippen MR) is 99.3 cm³/mol. The Morgan fingerprint density at radius 3 is 2.65 bits per heavy atom. The van der Waals surface area contributed by atoms with Crippen molar-refractivity contribution in [2.45, 2.75) is 32.2 Å². The van der Waals surface area contributed by atoms with Crippen molar-refractivity contribution in [2.24, 2.45) is 0 Å². The molecule has 0 bridgehead atoms. The molecule has 1 amide bonds. The summed E-state index contributed by atoms with van der Waals surface area (Å²) in [5, 5.41) is 12.1. The lowest BCUT2D eigenvalue weighted by Crippen LogP contribution is -2.31. The average molecular weight is 353 g/mol. The van der Waals surface area contributed by atoms with Crippen LogP contribution in [0.2, 0.25) is 0 Å². The van der Waals surface area contributed by atoms with Crippen molar-refractivity contribution < 1.29 is 14.7 Å². The van der Waals surface area contributed by atoms with Gasteiger partial charge in [-0.2, -0.15) is 0 Å². The minimum absolute atomic E-state index is 0.171. The van der Waals surface area contributed by atoms with Gasteiger partial charge in [0.05, 0.1) is 29.9 Å². The van der Waals surface area contributed by atoms with E-state index in [0.717, 1.165) is 42.7 Å². The topological polar surface area (TPSA) is 82.5 Å². The molecule has 0 saturated carbocycles. The second kappa shape index (κ2) is 7.99. The van der Waals surface area contributed by atoms with Gasteiger partial charge in [0.25, 0.3) is 5.91 Å². The van der Waals surface area contributed by atoms with Gasteiger partial charge in [0.15, 0.2) is 0 Å². The standard InChI is InChI=1S/C20H23N3O3/c1-14-6-2-3-7-17(14)18(11-19(24)25)22-20(26)15-10-16(13-21-12-15)23-8-4-5-9-23/h2-3,6-7,10,12-13,18H,4-5,8-9,11H2,1H3,(H,22,26)(H,24,25)/t18-/m0/s1. The van der Waals surface area contributed by atoms with Crippen LogP contribution in [0.3, 0.4) is 0 Å². The zero-order valence-electron chi connectivity index (χ0n) is 14.8. The van der Waals surface area contributed by atoms with Gasteiger partial charge < -0.3 is 15.3 Å². The van der Waals surface area contributed by atoms with Gasteiger partial charge in [0.1, 0.15) is 0 Å². The fourth-order valence-electron chi connectivity index (χ4n) is 3.33. The molecule has 3 rings (SSSR count). The Morgan fingerprint density at radius 2 is 1.96 bits per heavy atom. The number of benzene rings is 1. The summed E-state index contributed by atoms with van der Waals surface area (Å²) in [7, 11) is 0. The summed E-state index contributed by atoms with van der Waals surface area (Å²) in [4.78, 5) is 30.4. The zero-order chi connectivity index (χ0) is 18.5. The molecule has 0 spiro atoms. The third-order valence-electron chi connectivity index (χ3n) is 4.71. The van der Waals surface area contributed by atoms with Crippen LogP contribution < -0.4 is 10.2 Å². The van der Waals surface area contributed by atoms with Gasteiger partial charge in [-0.3, -0.25) is 14.6 Å². The van der Waals surface area contributed by atoms with Gasteiger partial charge in [-0.1, -0.05) is 24.3 Å². The van der Waals surface area contributed by atoms with Crippen LogP contribution in [0.5, 0.6) is 0 Å². The molecule has 0 unspecified atom stereocenters. The number of nitrogens with zero attached hydrogens (tertiary/aromatic N) is 2. The summed E-state index contributed by atoms with van der Waals surface area (Å²) in [6.07, 6.45) is 5.40. The number of hydrogen-bond acceptors (Lipinski definition) is 4. The number of carboxylic acid groups (broad SMARTS) is 1. The number of aromatic nitrogens is 1. The van der Waals surface area contributed by atoms with Gasteiger partial charge >= 0.3 is 5.97 Å². The number of anilines is 1. The van der Waals surface area contributed by atoms with Crippen molar-refractivity contribution in [2.75, 3.05) is 18.0 Å². The highest BCUT2D eigenvalue weighted by molar-refractivity contribution is 5.95. The first kappa shape index (κ1) is 17.9. The largest absolute Gasteiger partial charge is 0.481 e. The maximum absolute atomic E-state index is 12.7. The Labute approximate surface area is 152 Å². The highest BCUT2D eigenvalue weighted by atomic mass is 16.4. The van der Waals surface area contributed by atoms with Crippen LogP contribution in [0.15, 0.2) is 42.7 Å². The molecule has 0 aliphatic carbocycles. The summed E-state index contributed by atoms with van der Waals surface area (Å²) >= 11 is 0. The molecule has 1 atom stereocenters. The van der Waals surface area contributed by atoms with Crippen LogP contribution in [0.4, 0.5) is 5.69 Å². The summed E-state index contributed by atoms with van der Waals surface area (Å²) in [5.41, 5.74) is 3.13. The first-order valence-electron chi connectivity index (χ1n) is 8.83. The number of carbonyl (C=O) groups excluding carboxylic acids is 1. The first-order chi connectivity index (χ1) is 12.5. The van der Waals surface area contributed by atoms with Crippen molar-refractivity contribution in [3.63, 3.8) is 0 Å². The van der Waals surface area contributed by atoms with E-state index in [1.165, 1.54) is 6.20 Å². The summed E-state index contributed by atoms with van der Waals surface area (Å²) in [5.74, 6) is -1.27. The predicted octanol–water partition coefficient (Wildman–Crippen LogP) is 2.94. The Kier molecular flexibility index (Phi) is 5.51. The zero-order valence-corrected chi connectivity index (χ0v) is 14.8. The molecular formula is C20H23N3O3. The second-order valence-electron chi connectivity index (χ2n) is 6.61. The van der Waals surface area contributed by atoms with E-state index in [4.69, 9.17) is 0 Å². The van der Waals surface area contributed by atoms with Crippen LogP contribution in [-0.2, 0) is 4.79 Å². The molecule has 1 fully saturated rings. The number of aliphatic carboxylic acids is 1. The third-order valence-corrected chi connectivity index (χ3v) is 4.71. The smallest absolute Gasteiger partial charge is 0.305 e. The lowest BCUT2D eigenvalue weighted by atomic mass is 9.98. The molecule has 26 heavy (non-hydrogen) atoms. The number of carbonyl (C=O) groups is 2. The van der Waals surface area contributed by atoms with Crippen LogP contribution >= 0.6 is 0 Å². The van der Waals surface area contributed by atoms with Crippen molar-refractivity contribution in [3.05, 3.63) is 59.4 Å². The molecular weight excluding hydrogens is 330 g/mol. The molecule has 6 nitrogen and oxygen atoms in total. The molecule has 1 aliphatic rings. The Morgan fingerprint density at radius 1 is 1.23 bits per heavy atom. The number of hydrogen-bond donors (Lipinski definition) is 2. The quantitative estimate of drug-likeness (QED) is 0.834. The number of amides is 1. The lowest BCUT2D eigenvalue weighted by Gasteiger charge is -2.21. The van der Waals surface area contributed by atoms with Gasteiger partial charge in [-0.15, -0.1) is 0 Å². The molecule has 1 aromatic carbocycles. The normalized spacial score (nSPS) is 14.9. The Balaban J connectivity index is 1.80. The maximum Gasteiger partial charge on any atom is 0.305 e. The molecule has 6 heteroatoms. The first-order valence-corrected chi connectivity index (χ1v) is 8.83. The Bertz CT molecular complexity index is 800. The summed E-state index contributed by atoms with van der Waals surface area (Å²) in [6.45, 7) is 3.85. The number of rotatable bonds is 6. The van der Waals surface area contributed by atoms with Crippen molar-refractivity contribution >= 4 is 17.6 Å². The average Bonchev–Trinajstić information content (AvgIpc) is 3.16. The SMILES string of the molecule is Cc1ccccc1[C@H](CC(=O)O)NC(=O)c1cncc(N2CCCC2)c1. The monoisotopic (exact) mass is 353 g/mol. The molecule has 1 saturated heterocycles. The van der Waals surface area contributed by atoms with Gasteiger partial charge in [0, 0.05) is 19.3 Å². The fraction of sp³-hybridized carbons (Fsp3) is 0.350. The lowest BCUT2D eigenvalue weighted by molar-refractivity contribution is -0.137. The molecule has 2 aromatic rings. The van der Waals surface area contributed by atoms with Gasteiger partial charge in [-0.05, 0) is 37.0 Å². The van der Waals surface area contributed by atoms with Crippen LogP contribution in [0, 0.1) is 6.92 Å². The van der Waals surface area contributed by atoms with Crippen molar-refractivity contribution in [1.82, 2.24) is 10.3 Å². The van der Waals surface area contributed by atoms with Crippen molar-refractivity contribution in [3.8, 4) is 0 Å². The van der Waals surface area contributed by atoms with Crippen molar-refractivity contribution in [1.29, 1.82) is 0 Å². The van der Waals surface area contributed by atoms with Crippen LogP contribution in [0.25, 0.3) is 0 Å². The van der Waals surface area contributed by atoms with E-state index < -0.39 is 12.0 Å². The minimum atomic E-state index is -0.956. The fourth-order valence-corrected chi connectivity index (χ4v) is 3.33. The molecule has 2 N–H and O–H groups in total. The Hall–Kier alpha value is -2.89. The van der Waals surface area contributed by atoms with E-state index in [1.807, 2.05) is 37.3 Å². The van der Waals surface area contributed by atoms with E-state index in [-0.39, 0.29) is 12.3 Å². The summed E-state index contributed by atoms with van der Waals surface area (Å²) in [6, 6.07) is 8.73. The number of nitrogens with one attached hydrogen (secondary N) is 1. The molecule has 136 valence electrons. The van der Waals surface area contributed by atoms with Gasteiger partial charge in [-0.25, -0.2) is 0 Å². The van der Waals surface area contributed by atoms with Crippen LogP contribution in [0.1, 0.15) is 46.8 Å². The van der Waals surface area contributed by atoms with E-state index in [2.05, 4.69) is 15.2 Å². The van der Waals surface area contributed by atoms with Crippen LogP contribution in [-0.4, -0.2) is 35.1 Å². The highest BCUT2D eigenvalue weighted by Crippen LogP contribution is 2.23. The van der Waals surface area contributed by atoms with E-state index >= 15 is 0 Å². The van der Waals surface area contributed by atoms with Gasteiger partial charge in [0.2, 0.25) is 0 Å². The highest BCUT2D eigenvalue weighted by Gasteiger charge is 2.21. The van der Waals surface area contributed by atoms with E-state index in [9.17, 15) is 14.7 Å². The second-order valence-corrected chi connectivity index (χ2v) is 6.61. The molecule has 0 radical (unpaired) electrons.